The first kappa shape index (κ1) is 17.3. The molecule has 2 aromatic carbocycles. The van der Waals surface area contributed by atoms with E-state index < -0.39 is 0 Å². The molecule has 0 atom stereocenters. The number of nitrogens with zero attached hydrogens (tertiary/aromatic N) is 2. The number of aliphatic imine (C=N–C) groups is 1. The molecule has 1 amide bonds. The van der Waals surface area contributed by atoms with Crippen LogP contribution in [0.5, 0.6) is 5.75 Å². The molecule has 1 saturated heterocycles. The van der Waals surface area contributed by atoms with Gasteiger partial charge in [-0.15, -0.1) is 0 Å². The first-order chi connectivity index (χ1) is 12.1. The van der Waals surface area contributed by atoms with Crippen molar-refractivity contribution in [1.82, 2.24) is 4.90 Å². The number of aryl methyl sites for hydroxylation is 1. The molecule has 0 N–H and O–H groups in total. The van der Waals surface area contributed by atoms with Gasteiger partial charge in [-0.1, -0.05) is 48.0 Å². The van der Waals surface area contributed by atoms with E-state index in [1.165, 1.54) is 17.3 Å². The number of benzene rings is 2. The maximum Gasteiger partial charge on any atom is 0.266 e. The Kier molecular flexibility index (Phi) is 5.24. The fourth-order valence-corrected chi connectivity index (χ4v) is 3.50. The summed E-state index contributed by atoms with van der Waals surface area (Å²) in [7, 11) is 3.42. The Balaban J connectivity index is 1.82. The van der Waals surface area contributed by atoms with E-state index in [4.69, 9.17) is 4.74 Å². The molecule has 0 saturated carbocycles. The van der Waals surface area contributed by atoms with Crippen molar-refractivity contribution in [2.75, 3.05) is 14.1 Å². The second kappa shape index (κ2) is 7.57. The molecular formula is C20H20N2O2S. The number of likely N-dealkylation sites (N-methyl/N-ethyl adjacent to an activating group) is 1. The van der Waals surface area contributed by atoms with E-state index in [0.29, 0.717) is 16.7 Å². The number of hydrogen-bond acceptors (Lipinski definition) is 4. The Hall–Kier alpha value is -2.53. The molecule has 1 heterocycles. The predicted molar refractivity (Wildman–Crippen MR) is 104 cm³/mol. The Morgan fingerprint density at radius 2 is 2.00 bits per heavy atom. The minimum Gasteiger partial charge on any atom is -0.488 e. The lowest BCUT2D eigenvalue weighted by Crippen LogP contribution is -2.23. The molecule has 0 bridgehead atoms. The van der Waals surface area contributed by atoms with Gasteiger partial charge in [-0.05, 0) is 36.4 Å². The zero-order valence-electron chi connectivity index (χ0n) is 14.5. The standard InChI is InChI=1S/C20H20N2O2S/c1-14-7-6-8-15(11-14)13-24-17-10-5-4-9-16(17)12-18-19(23)22(3)20(21-2)25-18/h4-12H,13H2,1-3H3/b18-12-,21-20?. The number of rotatable bonds is 4. The van der Waals surface area contributed by atoms with Gasteiger partial charge in [-0.3, -0.25) is 14.7 Å². The maximum absolute atomic E-state index is 12.3. The van der Waals surface area contributed by atoms with Crippen molar-refractivity contribution in [1.29, 1.82) is 0 Å². The Morgan fingerprint density at radius 1 is 1.20 bits per heavy atom. The van der Waals surface area contributed by atoms with Gasteiger partial charge in [0.15, 0.2) is 5.17 Å². The van der Waals surface area contributed by atoms with Crippen molar-refractivity contribution in [2.24, 2.45) is 4.99 Å². The summed E-state index contributed by atoms with van der Waals surface area (Å²) in [4.78, 5) is 18.7. The van der Waals surface area contributed by atoms with Crippen LogP contribution in [-0.4, -0.2) is 30.1 Å². The molecule has 0 unspecified atom stereocenters. The molecule has 25 heavy (non-hydrogen) atoms. The van der Waals surface area contributed by atoms with Gasteiger partial charge < -0.3 is 4.74 Å². The van der Waals surface area contributed by atoms with E-state index in [0.717, 1.165) is 16.9 Å². The van der Waals surface area contributed by atoms with Gasteiger partial charge in [-0.2, -0.15) is 0 Å². The van der Waals surface area contributed by atoms with Crippen LogP contribution in [0.4, 0.5) is 0 Å². The number of amides is 1. The molecule has 4 nitrogen and oxygen atoms in total. The fraction of sp³-hybridized carbons (Fsp3) is 0.200. The summed E-state index contributed by atoms with van der Waals surface area (Å²) in [6, 6.07) is 16.0. The van der Waals surface area contributed by atoms with E-state index in [2.05, 4.69) is 24.0 Å². The van der Waals surface area contributed by atoms with Crippen LogP contribution in [0, 0.1) is 6.92 Å². The van der Waals surface area contributed by atoms with Crippen LogP contribution in [0.2, 0.25) is 0 Å². The number of thioether (sulfide) groups is 1. The van der Waals surface area contributed by atoms with Gasteiger partial charge in [0.1, 0.15) is 12.4 Å². The summed E-state index contributed by atoms with van der Waals surface area (Å²) in [5.74, 6) is 0.716. The lowest BCUT2D eigenvalue weighted by molar-refractivity contribution is -0.121. The van der Waals surface area contributed by atoms with E-state index in [9.17, 15) is 4.79 Å². The van der Waals surface area contributed by atoms with Crippen molar-refractivity contribution in [3.63, 3.8) is 0 Å². The summed E-state index contributed by atoms with van der Waals surface area (Å²) in [5.41, 5.74) is 3.21. The lowest BCUT2D eigenvalue weighted by atomic mass is 10.1. The predicted octanol–water partition coefficient (Wildman–Crippen LogP) is 4.11. The number of ether oxygens (including phenoxy) is 1. The summed E-state index contributed by atoms with van der Waals surface area (Å²) >= 11 is 1.38. The average molecular weight is 352 g/mol. The normalized spacial score (nSPS) is 17.6. The molecule has 0 radical (unpaired) electrons. The lowest BCUT2D eigenvalue weighted by Gasteiger charge is -2.10. The van der Waals surface area contributed by atoms with Crippen LogP contribution in [0.25, 0.3) is 6.08 Å². The van der Waals surface area contributed by atoms with Crippen molar-refractivity contribution in [3.8, 4) is 5.75 Å². The van der Waals surface area contributed by atoms with E-state index >= 15 is 0 Å². The molecule has 128 valence electrons. The van der Waals surface area contributed by atoms with Gasteiger partial charge in [0.05, 0.1) is 4.91 Å². The molecule has 1 fully saturated rings. The highest BCUT2D eigenvalue weighted by molar-refractivity contribution is 8.18. The molecule has 2 aromatic rings. The molecule has 0 spiro atoms. The van der Waals surface area contributed by atoms with Gasteiger partial charge in [-0.25, -0.2) is 0 Å². The first-order valence-electron chi connectivity index (χ1n) is 8.00. The quantitative estimate of drug-likeness (QED) is 0.778. The van der Waals surface area contributed by atoms with Gasteiger partial charge in [0.2, 0.25) is 0 Å². The van der Waals surface area contributed by atoms with Crippen LogP contribution in [0.3, 0.4) is 0 Å². The van der Waals surface area contributed by atoms with Crippen LogP contribution in [-0.2, 0) is 11.4 Å². The zero-order chi connectivity index (χ0) is 17.8. The van der Waals surface area contributed by atoms with Gasteiger partial charge in [0.25, 0.3) is 5.91 Å². The third-order valence-corrected chi connectivity index (χ3v) is 5.03. The molecule has 0 aromatic heterocycles. The highest BCUT2D eigenvalue weighted by atomic mass is 32.2. The third-order valence-electron chi connectivity index (χ3n) is 3.88. The van der Waals surface area contributed by atoms with Crippen molar-refractivity contribution in [2.45, 2.75) is 13.5 Å². The van der Waals surface area contributed by atoms with E-state index in [-0.39, 0.29) is 5.91 Å². The number of carbonyl (C=O) groups excluding carboxylic acids is 1. The van der Waals surface area contributed by atoms with Crippen LogP contribution in [0.1, 0.15) is 16.7 Å². The highest BCUT2D eigenvalue weighted by Gasteiger charge is 2.29. The Bertz CT molecular complexity index is 858. The SMILES string of the molecule is CN=C1S/C(=C\c2ccccc2OCc2cccc(C)c2)C(=O)N1C. The molecule has 3 rings (SSSR count). The largest absolute Gasteiger partial charge is 0.488 e. The second-order valence-electron chi connectivity index (χ2n) is 5.80. The molecule has 1 aliphatic heterocycles. The monoisotopic (exact) mass is 352 g/mol. The second-order valence-corrected chi connectivity index (χ2v) is 6.81. The highest BCUT2D eigenvalue weighted by Crippen LogP contribution is 2.33. The van der Waals surface area contributed by atoms with E-state index in [1.807, 2.05) is 42.5 Å². The Labute approximate surface area is 152 Å². The van der Waals surface area contributed by atoms with E-state index in [1.54, 1.807) is 19.0 Å². The number of hydrogen-bond donors (Lipinski definition) is 0. The molecule has 5 heteroatoms. The maximum atomic E-state index is 12.3. The average Bonchev–Trinajstić information content (AvgIpc) is 2.89. The van der Waals surface area contributed by atoms with Crippen LogP contribution in [0.15, 0.2) is 58.4 Å². The molecule has 1 aliphatic rings. The van der Waals surface area contributed by atoms with Crippen molar-refractivity contribution < 1.29 is 9.53 Å². The van der Waals surface area contributed by atoms with Crippen molar-refractivity contribution in [3.05, 3.63) is 70.1 Å². The minimum absolute atomic E-state index is 0.0425. The summed E-state index contributed by atoms with van der Waals surface area (Å²) < 4.78 is 5.99. The van der Waals surface area contributed by atoms with Gasteiger partial charge in [0, 0.05) is 19.7 Å². The zero-order valence-corrected chi connectivity index (χ0v) is 15.3. The minimum atomic E-state index is -0.0425. The molecular weight excluding hydrogens is 332 g/mol. The van der Waals surface area contributed by atoms with Crippen LogP contribution < -0.4 is 4.74 Å². The first-order valence-corrected chi connectivity index (χ1v) is 8.82. The fourth-order valence-electron chi connectivity index (χ4n) is 2.58. The topological polar surface area (TPSA) is 41.9 Å². The number of amidine groups is 1. The smallest absolute Gasteiger partial charge is 0.266 e. The number of carbonyl (C=O) groups is 1. The molecule has 0 aliphatic carbocycles. The summed E-state index contributed by atoms with van der Waals surface area (Å²) in [5, 5.41) is 0.703. The van der Waals surface area contributed by atoms with Crippen molar-refractivity contribution >= 4 is 28.9 Å². The van der Waals surface area contributed by atoms with Crippen LogP contribution >= 0.6 is 11.8 Å². The van der Waals surface area contributed by atoms with Gasteiger partial charge >= 0.3 is 0 Å². The third kappa shape index (κ3) is 3.94. The number of para-hydroxylation sites is 1. The summed E-state index contributed by atoms with van der Waals surface area (Å²) in [6.07, 6.45) is 1.87. The summed E-state index contributed by atoms with van der Waals surface area (Å²) in [6.45, 7) is 2.55. The Morgan fingerprint density at radius 3 is 2.72 bits per heavy atom.